The lowest BCUT2D eigenvalue weighted by atomic mass is 9.56. The number of nitrogens with zero attached hydrogens (tertiary/aromatic N) is 2. The summed E-state index contributed by atoms with van der Waals surface area (Å²) in [6.07, 6.45) is -10.00. The van der Waals surface area contributed by atoms with Crippen molar-refractivity contribution in [1.29, 1.82) is 0 Å². The van der Waals surface area contributed by atoms with Crippen LogP contribution in [-0.2, 0) is 38.1 Å². The molecule has 0 spiro atoms. The third-order valence-corrected chi connectivity index (χ3v) is 12.7. The van der Waals surface area contributed by atoms with Crippen molar-refractivity contribution < 1.29 is 59.8 Å². The largest absolute Gasteiger partial charge is 0.508 e. The highest BCUT2D eigenvalue weighted by atomic mass is 35.5. The van der Waals surface area contributed by atoms with Crippen molar-refractivity contribution in [2.45, 2.75) is 47.5 Å². The zero-order valence-electron chi connectivity index (χ0n) is 29.5. The Kier molecular flexibility index (Phi) is 9.23. The lowest BCUT2D eigenvalue weighted by Gasteiger charge is -2.50. The van der Waals surface area contributed by atoms with Crippen molar-refractivity contribution in [2.24, 2.45) is 17.8 Å². The molecule has 2 saturated heterocycles. The highest BCUT2D eigenvalue weighted by Gasteiger charge is 2.77. The molecule has 17 heteroatoms. The number of imide groups is 2. The van der Waals surface area contributed by atoms with E-state index in [1.54, 1.807) is 12.1 Å². The number of halogens is 9. The fourth-order valence-electron chi connectivity index (χ4n) is 8.66. The van der Waals surface area contributed by atoms with Crippen LogP contribution in [0.15, 0.2) is 103 Å². The van der Waals surface area contributed by atoms with Gasteiger partial charge in [0.05, 0.1) is 34.3 Å². The number of aromatic hydroxyl groups is 1. The molecule has 3 fully saturated rings. The zero-order chi connectivity index (χ0) is 41.7. The first kappa shape index (κ1) is 39.4. The average molecular weight is 848 g/mol. The number of allylic oxidation sites excluding steroid dienone is 2. The van der Waals surface area contributed by atoms with Gasteiger partial charge in [0.2, 0.25) is 11.8 Å². The maximum absolute atomic E-state index is 14.6. The molecule has 4 aromatic carbocycles. The van der Waals surface area contributed by atoms with Crippen molar-refractivity contribution in [1.82, 2.24) is 0 Å². The monoisotopic (exact) mass is 846 g/mol. The fourth-order valence-corrected chi connectivity index (χ4v) is 9.59. The summed E-state index contributed by atoms with van der Waals surface area (Å²) in [5, 5.41) is 11.6. The number of rotatable bonds is 6. The van der Waals surface area contributed by atoms with Gasteiger partial charge in [0.1, 0.15) is 23.9 Å². The molecule has 0 bridgehead atoms. The first-order valence-electron chi connectivity index (χ1n) is 17.6. The third kappa shape index (κ3) is 6.03. The number of amides is 4. The van der Waals surface area contributed by atoms with Crippen LogP contribution in [0.4, 0.5) is 42.1 Å². The van der Waals surface area contributed by atoms with Gasteiger partial charge in [-0.25, -0.2) is 14.2 Å². The standard InChI is InChI=1S/C41H27Cl2F7N2O6/c42-38-18-30-27(12-13-29-32(30)35(55)51(34(29)54)25-15-21(40(45,46)47)14-22(16-25)41(48,49)50)33(28-11-10-26(17-31(28)53)58-19-20-4-2-1-3-5-20)39(38,43)37(57)52(36(38)56)24-8-6-23(44)7-9-24/h1-12,14-17,29-30,32-33,53H,13,18-19H2/t29-,30+,32-,33+,38+,39-/m0/s1. The molecule has 0 aromatic heterocycles. The Balaban J connectivity index is 1.24. The van der Waals surface area contributed by atoms with Gasteiger partial charge in [-0.05, 0) is 72.9 Å². The average Bonchev–Trinajstić information content (AvgIpc) is 3.51. The molecule has 0 radical (unpaired) electrons. The van der Waals surface area contributed by atoms with Gasteiger partial charge in [-0.2, -0.15) is 26.3 Å². The van der Waals surface area contributed by atoms with Crippen molar-refractivity contribution in [3.05, 3.63) is 131 Å². The first-order chi connectivity index (χ1) is 27.3. The summed E-state index contributed by atoms with van der Waals surface area (Å²) in [5.41, 5.74) is -3.66. The van der Waals surface area contributed by atoms with Crippen LogP contribution in [0.25, 0.3) is 0 Å². The molecule has 1 N–H and O–H groups in total. The summed E-state index contributed by atoms with van der Waals surface area (Å²) < 4.78 is 103. The first-order valence-corrected chi connectivity index (χ1v) is 18.4. The molecule has 4 aromatic rings. The number of ether oxygens (including phenoxy) is 1. The quantitative estimate of drug-likeness (QED) is 0.0901. The SMILES string of the molecule is O=C1[C@H]2[C@H](CC=C3[C@H]2C[C@@]2(Cl)C(=O)N(c4ccc(F)cc4)C(=O)[C@@]2(Cl)[C@H]3c2ccc(OCc3ccccc3)cc2O)C(=O)N1c1cc(C(F)(F)F)cc(C(F)(F)F)c1. The van der Waals surface area contributed by atoms with Crippen LogP contribution in [0.1, 0.15) is 41.0 Å². The number of phenolic OH excluding ortho intramolecular Hbond substituents is 1. The molecule has 300 valence electrons. The van der Waals surface area contributed by atoms with E-state index in [9.17, 15) is 55.0 Å². The number of hydrogen-bond acceptors (Lipinski definition) is 6. The summed E-state index contributed by atoms with van der Waals surface area (Å²) in [6, 6.07) is 17.8. The Bertz CT molecular complexity index is 2390. The smallest absolute Gasteiger partial charge is 0.416 e. The van der Waals surface area contributed by atoms with Gasteiger partial charge in [-0.3, -0.25) is 19.2 Å². The highest BCUT2D eigenvalue weighted by Crippen LogP contribution is 2.66. The molecule has 4 amide bonds. The van der Waals surface area contributed by atoms with Crippen LogP contribution in [0, 0.1) is 23.6 Å². The molecule has 8 nitrogen and oxygen atoms in total. The predicted octanol–water partition coefficient (Wildman–Crippen LogP) is 8.92. The van der Waals surface area contributed by atoms with E-state index in [0.717, 1.165) is 29.8 Å². The number of hydrogen-bond donors (Lipinski definition) is 1. The van der Waals surface area contributed by atoms with Gasteiger partial charge in [0, 0.05) is 17.5 Å². The molecule has 6 atom stereocenters. The summed E-state index contributed by atoms with van der Waals surface area (Å²) in [6.45, 7) is 0.103. The van der Waals surface area contributed by atoms with Crippen molar-refractivity contribution >= 4 is 58.2 Å². The van der Waals surface area contributed by atoms with Gasteiger partial charge in [0.15, 0.2) is 9.75 Å². The molecular formula is C41H27Cl2F7N2O6. The van der Waals surface area contributed by atoms with E-state index in [2.05, 4.69) is 0 Å². The van der Waals surface area contributed by atoms with E-state index in [1.165, 1.54) is 24.3 Å². The van der Waals surface area contributed by atoms with E-state index in [-0.39, 0.29) is 58.7 Å². The number of benzene rings is 4. The number of phenols is 1. The van der Waals surface area contributed by atoms with E-state index < -0.39 is 104 Å². The van der Waals surface area contributed by atoms with Gasteiger partial charge in [-0.1, -0.05) is 48.0 Å². The van der Waals surface area contributed by atoms with Crippen molar-refractivity contribution in [3.63, 3.8) is 0 Å². The minimum Gasteiger partial charge on any atom is -0.508 e. The summed E-state index contributed by atoms with van der Waals surface area (Å²) >= 11 is 14.6. The predicted molar refractivity (Wildman–Crippen MR) is 194 cm³/mol. The van der Waals surface area contributed by atoms with E-state index >= 15 is 0 Å². The zero-order valence-corrected chi connectivity index (χ0v) is 31.0. The minimum atomic E-state index is -5.29. The topological polar surface area (TPSA) is 104 Å². The summed E-state index contributed by atoms with van der Waals surface area (Å²) in [7, 11) is 0. The Labute approximate surface area is 334 Å². The van der Waals surface area contributed by atoms with Crippen LogP contribution >= 0.6 is 23.2 Å². The maximum atomic E-state index is 14.6. The number of fused-ring (bicyclic) bond motifs is 4. The van der Waals surface area contributed by atoms with Crippen LogP contribution in [0.3, 0.4) is 0 Å². The van der Waals surface area contributed by atoms with E-state index in [1.807, 2.05) is 18.2 Å². The van der Waals surface area contributed by atoms with Crippen LogP contribution in [-0.4, -0.2) is 38.5 Å². The van der Waals surface area contributed by atoms with Gasteiger partial charge in [0.25, 0.3) is 11.8 Å². The molecule has 4 aliphatic rings. The molecule has 2 aliphatic heterocycles. The normalized spacial score (nSPS) is 27.0. The minimum absolute atomic E-state index is 0.0510. The number of anilines is 2. The van der Waals surface area contributed by atoms with Gasteiger partial charge in [-0.15, -0.1) is 23.2 Å². The molecule has 1 saturated carbocycles. The van der Waals surface area contributed by atoms with Crippen molar-refractivity contribution in [2.75, 3.05) is 9.80 Å². The molecule has 8 rings (SSSR count). The second-order valence-electron chi connectivity index (χ2n) is 14.5. The lowest BCUT2D eigenvalue weighted by molar-refractivity contribution is -0.143. The van der Waals surface area contributed by atoms with Crippen LogP contribution in [0.5, 0.6) is 11.5 Å². The van der Waals surface area contributed by atoms with E-state index in [0.29, 0.717) is 4.90 Å². The molecular weight excluding hydrogens is 820 g/mol. The Morgan fingerprint density at radius 3 is 1.98 bits per heavy atom. The number of carbonyl (C=O) groups excluding carboxylic acids is 4. The molecule has 58 heavy (non-hydrogen) atoms. The second kappa shape index (κ2) is 13.6. The Morgan fingerprint density at radius 1 is 0.741 bits per heavy atom. The molecule has 2 heterocycles. The van der Waals surface area contributed by atoms with E-state index in [4.69, 9.17) is 27.9 Å². The van der Waals surface area contributed by atoms with Gasteiger partial charge < -0.3 is 9.84 Å². The fraction of sp³-hybridized carbons (Fsp3) is 0.268. The van der Waals surface area contributed by atoms with Crippen LogP contribution in [0.2, 0.25) is 0 Å². The highest BCUT2D eigenvalue weighted by molar-refractivity contribution is 6.58. The maximum Gasteiger partial charge on any atom is 0.416 e. The Hall–Kier alpha value is -5.41. The Morgan fingerprint density at radius 2 is 1.38 bits per heavy atom. The molecule has 2 aliphatic carbocycles. The van der Waals surface area contributed by atoms with Crippen molar-refractivity contribution in [3.8, 4) is 11.5 Å². The number of carbonyl (C=O) groups is 4. The van der Waals surface area contributed by atoms with Gasteiger partial charge >= 0.3 is 12.4 Å². The summed E-state index contributed by atoms with van der Waals surface area (Å²) in [4.78, 5) is 53.5. The third-order valence-electron chi connectivity index (χ3n) is 11.3. The van der Waals surface area contributed by atoms with Crippen LogP contribution < -0.4 is 14.5 Å². The summed E-state index contributed by atoms with van der Waals surface area (Å²) in [5.74, 6) is -11.0. The molecule has 0 unspecified atom stereocenters. The number of alkyl halides is 8. The lowest BCUT2D eigenvalue weighted by Crippen LogP contribution is -2.60. The second-order valence-corrected chi connectivity index (χ2v) is 15.8.